The van der Waals surface area contributed by atoms with E-state index in [1.165, 1.54) is 0 Å². The molecule has 0 atom stereocenters. The lowest BCUT2D eigenvalue weighted by molar-refractivity contribution is -0.143. The van der Waals surface area contributed by atoms with Gasteiger partial charge in [0.05, 0.1) is 125 Å². The fraction of sp³-hybridized carbons (Fsp3) is 0.733. The second kappa shape index (κ2) is 32.3. The second-order valence-corrected chi connectivity index (χ2v) is 9.13. The van der Waals surface area contributed by atoms with Gasteiger partial charge in [0.2, 0.25) is 5.91 Å². The van der Waals surface area contributed by atoms with Gasteiger partial charge < -0.3 is 68.3 Å². The first-order valence-electron chi connectivity index (χ1n) is 15.3. The number of nitrogen functional groups attached to an aromatic ring is 1. The number of nitrogens with two attached hydrogens (primary N) is 1. The van der Waals surface area contributed by atoms with Crippen LogP contribution in [0.1, 0.15) is 0 Å². The van der Waals surface area contributed by atoms with E-state index in [0.29, 0.717) is 144 Å². The quantitative estimate of drug-likeness (QED) is 0.0649. The van der Waals surface area contributed by atoms with E-state index >= 15 is 0 Å². The van der Waals surface area contributed by atoms with Gasteiger partial charge in [-0.15, -0.1) is 0 Å². The fourth-order valence-corrected chi connectivity index (χ4v) is 3.23. The molecular formula is C30H52N2O14. The molecule has 0 spiro atoms. The van der Waals surface area contributed by atoms with Gasteiger partial charge in [-0.25, -0.2) is 4.79 Å². The first-order chi connectivity index (χ1) is 22.6. The van der Waals surface area contributed by atoms with E-state index in [4.69, 9.17) is 58.2 Å². The molecule has 1 aromatic carbocycles. The monoisotopic (exact) mass is 664 g/mol. The van der Waals surface area contributed by atoms with Crippen molar-refractivity contribution in [1.82, 2.24) is 5.32 Å². The third-order valence-electron chi connectivity index (χ3n) is 5.41. The van der Waals surface area contributed by atoms with Gasteiger partial charge in [-0.2, -0.15) is 0 Å². The van der Waals surface area contributed by atoms with Crippen molar-refractivity contribution in [3.63, 3.8) is 0 Å². The van der Waals surface area contributed by atoms with E-state index in [-0.39, 0.29) is 6.61 Å². The molecule has 266 valence electrons. The SMILES string of the molecule is Nc1ccccc1OCCOCCOCCOCCOCCOCCOCCOCCOCCOCCNC(=O)COCC(=O)O. The summed E-state index contributed by atoms with van der Waals surface area (Å²) in [6.45, 7) is 8.08. The number of carboxylic acids is 1. The lowest BCUT2D eigenvalue weighted by atomic mass is 10.3. The van der Waals surface area contributed by atoms with Crippen molar-refractivity contribution in [2.75, 3.05) is 151 Å². The third kappa shape index (κ3) is 28.8. The molecule has 1 rings (SSSR count). The maximum Gasteiger partial charge on any atom is 0.329 e. The van der Waals surface area contributed by atoms with Crippen molar-refractivity contribution >= 4 is 17.6 Å². The summed E-state index contributed by atoms with van der Waals surface area (Å²) in [4.78, 5) is 21.6. The van der Waals surface area contributed by atoms with Gasteiger partial charge in [0.25, 0.3) is 0 Å². The Morgan fingerprint density at radius 3 is 1.28 bits per heavy atom. The van der Waals surface area contributed by atoms with Crippen molar-refractivity contribution in [1.29, 1.82) is 0 Å². The summed E-state index contributed by atoms with van der Waals surface area (Å²) in [5.74, 6) is -0.864. The number of carbonyl (C=O) groups is 2. The number of amides is 1. The van der Waals surface area contributed by atoms with E-state index in [1.807, 2.05) is 18.2 Å². The van der Waals surface area contributed by atoms with Crippen LogP contribution < -0.4 is 15.8 Å². The summed E-state index contributed by atoms with van der Waals surface area (Å²) in [5, 5.41) is 11.0. The number of benzene rings is 1. The van der Waals surface area contributed by atoms with Crippen LogP contribution >= 0.6 is 0 Å². The van der Waals surface area contributed by atoms with Gasteiger partial charge in [0.1, 0.15) is 25.6 Å². The number of carboxylic acid groups (broad SMARTS) is 1. The van der Waals surface area contributed by atoms with Gasteiger partial charge in [0, 0.05) is 6.54 Å². The van der Waals surface area contributed by atoms with Crippen molar-refractivity contribution in [3.05, 3.63) is 24.3 Å². The molecule has 0 fully saturated rings. The Labute approximate surface area is 270 Å². The predicted molar refractivity (Wildman–Crippen MR) is 165 cm³/mol. The molecule has 0 aliphatic carbocycles. The van der Waals surface area contributed by atoms with Gasteiger partial charge >= 0.3 is 5.97 Å². The Morgan fingerprint density at radius 1 is 0.522 bits per heavy atom. The summed E-state index contributed by atoms with van der Waals surface area (Å²) >= 11 is 0. The minimum Gasteiger partial charge on any atom is -0.489 e. The number of nitrogens with one attached hydrogen (secondary N) is 1. The fourth-order valence-electron chi connectivity index (χ4n) is 3.23. The number of carbonyl (C=O) groups excluding carboxylic acids is 1. The van der Waals surface area contributed by atoms with Crippen molar-refractivity contribution in [2.24, 2.45) is 0 Å². The van der Waals surface area contributed by atoms with E-state index in [9.17, 15) is 9.59 Å². The predicted octanol–water partition coefficient (Wildman–Crippen LogP) is 0.0144. The molecule has 0 radical (unpaired) electrons. The van der Waals surface area contributed by atoms with Crippen LogP contribution in [0.5, 0.6) is 5.75 Å². The number of para-hydroxylation sites is 2. The summed E-state index contributed by atoms with van der Waals surface area (Å²) in [5.41, 5.74) is 6.42. The minimum atomic E-state index is -1.12. The lowest BCUT2D eigenvalue weighted by Crippen LogP contribution is -2.31. The van der Waals surface area contributed by atoms with E-state index < -0.39 is 18.5 Å². The molecule has 0 bridgehead atoms. The number of hydrogen-bond donors (Lipinski definition) is 3. The zero-order chi connectivity index (χ0) is 33.2. The highest BCUT2D eigenvalue weighted by Gasteiger charge is 2.03. The Balaban J connectivity index is 1.65. The third-order valence-corrected chi connectivity index (χ3v) is 5.41. The van der Waals surface area contributed by atoms with Crippen molar-refractivity contribution < 1.29 is 66.8 Å². The summed E-state index contributed by atoms with van der Waals surface area (Å²) in [6.07, 6.45) is 0. The number of aliphatic carboxylic acids is 1. The summed E-state index contributed by atoms with van der Waals surface area (Å²) in [6, 6.07) is 7.35. The Hall–Kier alpha value is -2.64. The van der Waals surface area contributed by atoms with Crippen molar-refractivity contribution in [2.45, 2.75) is 0 Å². The molecule has 16 heteroatoms. The van der Waals surface area contributed by atoms with Crippen LogP contribution in [0, 0.1) is 0 Å². The van der Waals surface area contributed by atoms with Crippen LogP contribution in [-0.2, 0) is 57.0 Å². The molecule has 0 saturated heterocycles. The lowest BCUT2D eigenvalue weighted by Gasteiger charge is -2.10. The Kier molecular flexibility index (Phi) is 29.1. The number of anilines is 1. The number of rotatable bonds is 35. The largest absolute Gasteiger partial charge is 0.489 e. The zero-order valence-corrected chi connectivity index (χ0v) is 26.7. The highest BCUT2D eigenvalue weighted by Crippen LogP contribution is 2.19. The zero-order valence-electron chi connectivity index (χ0n) is 26.7. The average molecular weight is 665 g/mol. The molecule has 46 heavy (non-hydrogen) atoms. The van der Waals surface area contributed by atoms with Crippen LogP contribution in [0.25, 0.3) is 0 Å². The smallest absolute Gasteiger partial charge is 0.329 e. The molecule has 0 aliphatic rings. The van der Waals surface area contributed by atoms with Gasteiger partial charge in [0.15, 0.2) is 0 Å². The maximum absolute atomic E-state index is 11.4. The molecule has 1 amide bonds. The summed E-state index contributed by atoms with van der Waals surface area (Å²) < 4.78 is 59.1. The van der Waals surface area contributed by atoms with E-state index in [1.54, 1.807) is 6.07 Å². The van der Waals surface area contributed by atoms with Crippen LogP contribution in [0.3, 0.4) is 0 Å². The molecule has 0 aromatic heterocycles. The van der Waals surface area contributed by atoms with Crippen molar-refractivity contribution in [3.8, 4) is 5.75 Å². The van der Waals surface area contributed by atoms with Gasteiger partial charge in [-0.3, -0.25) is 4.79 Å². The summed E-state index contributed by atoms with van der Waals surface area (Å²) in [7, 11) is 0. The molecule has 0 saturated carbocycles. The first kappa shape index (κ1) is 41.4. The second-order valence-electron chi connectivity index (χ2n) is 9.13. The molecule has 0 aliphatic heterocycles. The minimum absolute atomic E-state index is 0.299. The number of ether oxygens (including phenoxy) is 11. The van der Waals surface area contributed by atoms with Crippen LogP contribution in [-0.4, -0.2) is 162 Å². The van der Waals surface area contributed by atoms with Gasteiger partial charge in [-0.1, -0.05) is 12.1 Å². The first-order valence-corrected chi connectivity index (χ1v) is 15.3. The standard InChI is InChI=1S/C30H52N2O14/c31-27-3-1-2-4-28(27)46-24-23-44-22-21-43-20-19-42-18-17-41-16-15-40-14-13-39-12-11-38-10-9-37-8-7-36-6-5-32-29(33)25-45-26-30(34)35/h1-4H,5-26,31H2,(H,32,33)(H,34,35). The molecule has 0 heterocycles. The topological polar surface area (TPSA) is 194 Å². The van der Waals surface area contributed by atoms with Crippen LogP contribution in [0.15, 0.2) is 24.3 Å². The van der Waals surface area contributed by atoms with E-state index in [2.05, 4.69) is 10.1 Å². The van der Waals surface area contributed by atoms with Gasteiger partial charge in [-0.05, 0) is 12.1 Å². The molecule has 1 aromatic rings. The molecule has 16 nitrogen and oxygen atoms in total. The highest BCUT2D eigenvalue weighted by molar-refractivity contribution is 5.77. The normalized spacial score (nSPS) is 11.1. The number of hydrogen-bond acceptors (Lipinski definition) is 14. The molecule has 0 unspecified atom stereocenters. The highest BCUT2D eigenvalue weighted by atomic mass is 16.6. The molecular weight excluding hydrogens is 612 g/mol. The average Bonchev–Trinajstić information content (AvgIpc) is 3.04. The van der Waals surface area contributed by atoms with Crippen LogP contribution in [0.2, 0.25) is 0 Å². The Bertz CT molecular complexity index is 852. The Morgan fingerprint density at radius 2 is 0.891 bits per heavy atom. The molecule has 4 N–H and O–H groups in total. The van der Waals surface area contributed by atoms with E-state index in [0.717, 1.165) is 0 Å². The maximum atomic E-state index is 11.4. The van der Waals surface area contributed by atoms with Crippen LogP contribution in [0.4, 0.5) is 5.69 Å².